The van der Waals surface area contributed by atoms with E-state index in [0.29, 0.717) is 0 Å². The number of methoxy groups -OCH3 is 1. The number of nitrogens with one attached hydrogen (secondary N) is 1. The number of carbonyl (C=O) groups is 2. The lowest BCUT2D eigenvalue weighted by molar-refractivity contribution is -0.386. The molecule has 1 amide bonds. The van der Waals surface area contributed by atoms with Crippen LogP contribution in [0.25, 0.3) is 0 Å². The minimum absolute atomic E-state index is 0.0238. The van der Waals surface area contributed by atoms with E-state index in [1.54, 1.807) is 0 Å². The van der Waals surface area contributed by atoms with Crippen molar-refractivity contribution in [3.05, 3.63) is 69.8 Å². The molecule has 2 atom stereocenters. The highest BCUT2D eigenvalue weighted by molar-refractivity contribution is 5.90. The first-order chi connectivity index (χ1) is 13.9. The number of rotatable bonds is 9. The first kappa shape index (κ1) is 21.9. The van der Waals surface area contributed by atoms with Crippen LogP contribution in [0.2, 0.25) is 0 Å². The van der Waals surface area contributed by atoms with Crippen molar-refractivity contribution in [2.24, 2.45) is 0 Å². The van der Waals surface area contributed by atoms with E-state index in [-0.39, 0.29) is 17.4 Å². The van der Waals surface area contributed by atoms with E-state index >= 15 is 0 Å². The second-order valence-electron chi connectivity index (χ2n) is 6.45. The molecule has 2 aromatic carbocycles. The Labute approximate surface area is 169 Å². The molecular weight excluding hydrogens is 376 g/mol. The third-order valence-electron chi connectivity index (χ3n) is 4.35. The summed E-state index contributed by atoms with van der Waals surface area (Å²) in [7, 11) is 1.18. The van der Waals surface area contributed by atoms with E-state index in [1.165, 1.54) is 26.2 Å². The lowest BCUT2D eigenvalue weighted by Crippen LogP contribution is -2.38. The molecule has 0 saturated carbocycles. The predicted octanol–water partition coefficient (Wildman–Crippen LogP) is 3.81. The standard InChI is InChI=1S/C21H24N2O6/c1-4-8-17(15-9-6-5-7-10-15)22-20(24)14(2)29-19-12-11-16(21(25)28-3)13-18(19)23(26)27/h5-7,9-14,17H,4,8H2,1-3H3,(H,22,24)/t14-,17+/m1/s1. The topological polar surface area (TPSA) is 108 Å². The van der Waals surface area contributed by atoms with Crippen molar-refractivity contribution >= 4 is 17.6 Å². The quantitative estimate of drug-likeness (QED) is 0.390. The molecule has 2 aromatic rings. The van der Waals surface area contributed by atoms with Gasteiger partial charge in [0.25, 0.3) is 5.91 Å². The number of amides is 1. The van der Waals surface area contributed by atoms with E-state index in [2.05, 4.69) is 10.1 Å². The Bertz CT molecular complexity index is 869. The molecule has 8 heteroatoms. The van der Waals surface area contributed by atoms with E-state index < -0.39 is 28.6 Å². The van der Waals surface area contributed by atoms with Crippen LogP contribution in [0.15, 0.2) is 48.5 Å². The summed E-state index contributed by atoms with van der Waals surface area (Å²) < 4.78 is 10.1. The highest BCUT2D eigenvalue weighted by Crippen LogP contribution is 2.29. The molecule has 0 radical (unpaired) electrons. The second kappa shape index (κ2) is 10.2. The van der Waals surface area contributed by atoms with Gasteiger partial charge in [0.2, 0.25) is 0 Å². The zero-order valence-electron chi connectivity index (χ0n) is 16.6. The van der Waals surface area contributed by atoms with E-state index in [4.69, 9.17) is 4.74 Å². The Balaban J connectivity index is 2.16. The zero-order valence-corrected chi connectivity index (χ0v) is 16.6. The van der Waals surface area contributed by atoms with Gasteiger partial charge >= 0.3 is 11.7 Å². The Morgan fingerprint density at radius 1 is 1.17 bits per heavy atom. The van der Waals surface area contributed by atoms with Gasteiger partial charge in [0.15, 0.2) is 11.9 Å². The summed E-state index contributed by atoms with van der Waals surface area (Å²) in [4.78, 5) is 34.9. The Morgan fingerprint density at radius 2 is 1.86 bits per heavy atom. The number of nitrogens with zero attached hydrogens (tertiary/aromatic N) is 1. The normalized spacial score (nSPS) is 12.5. The van der Waals surface area contributed by atoms with Gasteiger partial charge in [-0.05, 0) is 31.0 Å². The fourth-order valence-electron chi connectivity index (χ4n) is 2.83. The van der Waals surface area contributed by atoms with Gasteiger partial charge in [-0.25, -0.2) is 4.79 Å². The monoisotopic (exact) mass is 400 g/mol. The highest BCUT2D eigenvalue weighted by Gasteiger charge is 2.25. The van der Waals surface area contributed by atoms with E-state index in [0.717, 1.165) is 24.5 Å². The number of hydrogen-bond acceptors (Lipinski definition) is 6. The lowest BCUT2D eigenvalue weighted by Gasteiger charge is -2.21. The van der Waals surface area contributed by atoms with Gasteiger partial charge in [-0.2, -0.15) is 0 Å². The highest BCUT2D eigenvalue weighted by atomic mass is 16.6. The maximum absolute atomic E-state index is 12.6. The molecule has 0 heterocycles. The van der Waals surface area contributed by atoms with Crippen molar-refractivity contribution in [1.82, 2.24) is 5.32 Å². The molecule has 0 fully saturated rings. The van der Waals surface area contributed by atoms with E-state index in [1.807, 2.05) is 37.3 Å². The number of nitro groups is 1. The maximum atomic E-state index is 12.6. The SMILES string of the molecule is CCC[C@H](NC(=O)[C@@H](C)Oc1ccc(C(=O)OC)cc1[N+](=O)[O-])c1ccccc1. The van der Waals surface area contributed by atoms with Gasteiger partial charge in [-0.1, -0.05) is 43.7 Å². The molecule has 0 unspecified atom stereocenters. The summed E-state index contributed by atoms with van der Waals surface area (Å²) in [5, 5.41) is 14.3. The van der Waals surface area contributed by atoms with Gasteiger partial charge in [0, 0.05) is 6.07 Å². The zero-order chi connectivity index (χ0) is 21.4. The molecule has 2 rings (SSSR count). The van der Waals surface area contributed by atoms with Crippen LogP contribution in [0.1, 0.15) is 48.7 Å². The fraction of sp³-hybridized carbons (Fsp3) is 0.333. The van der Waals surface area contributed by atoms with Gasteiger partial charge in [-0.15, -0.1) is 0 Å². The number of esters is 1. The molecule has 0 saturated heterocycles. The number of ether oxygens (including phenoxy) is 2. The molecule has 29 heavy (non-hydrogen) atoms. The average molecular weight is 400 g/mol. The predicted molar refractivity (Wildman–Crippen MR) is 107 cm³/mol. The Morgan fingerprint density at radius 3 is 2.45 bits per heavy atom. The van der Waals surface area contributed by atoms with Crippen molar-refractivity contribution in [2.45, 2.75) is 38.8 Å². The van der Waals surface area contributed by atoms with Crippen molar-refractivity contribution < 1.29 is 24.0 Å². The smallest absolute Gasteiger partial charge is 0.338 e. The molecular formula is C21H24N2O6. The van der Waals surface area contributed by atoms with Crippen molar-refractivity contribution in [1.29, 1.82) is 0 Å². The lowest BCUT2D eigenvalue weighted by atomic mass is 10.0. The van der Waals surface area contributed by atoms with Crippen molar-refractivity contribution in [3.63, 3.8) is 0 Å². The summed E-state index contributed by atoms with van der Waals surface area (Å²) >= 11 is 0. The van der Waals surface area contributed by atoms with Crippen LogP contribution in [-0.2, 0) is 9.53 Å². The first-order valence-electron chi connectivity index (χ1n) is 9.26. The number of carbonyl (C=O) groups excluding carboxylic acids is 2. The fourth-order valence-corrected chi connectivity index (χ4v) is 2.83. The average Bonchev–Trinajstić information content (AvgIpc) is 2.73. The van der Waals surface area contributed by atoms with Gasteiger partial charge in [-0.3, -0.25) is 14.9 Å². The third-order valence-corrected chi connectivity index (χ3v) is 4.35. The number of benzene rings is 2. The van der Waals surface area contributed by atoms with Gasteiger partial charge in [0.1, 0.15) is 0 Å². The molecule has 0 bridgehead atoms. The minimum atomic E-state index is -0.972. The van der Waals surface area contributed by atoms with Crippen LogP contribution in [0.4, 0.5) is 5.69 Å². The van der Waals surface area contributed by atoms with Crippen molar-refractivity contribution in [3.8, 4) is 5.75 Å². The summed E-state index contributed by atoms with van der Waals surface area (Å²) in [6.45, 7) is 3.54. The Hall–Kier alpha value is -3.42. The molecule has 8 nitrogen and oxygen atoms in total. The van der Waals surface area contributed by atoms with Crippen LogP contribution in [0, 0.1) is 10.1 Å². The summed E-state index contributed by atoms with van der Waals surface area (Å²) in [6, 6.07) is 13.1. The number of hydrogen-bond donors (Lipinski definition) is 1. The summed E-state index contributed by atoms with van der Waals surface area (Å²) in [5.41, 5.74) is 0.583. The van der Waals surface area contributed by atoms with Crippen LogP contribution in [-0.4, -0.2) is 30.0 Å². The summed E-state index contributed by atoms with van der Waals surface area (Å²) in [6.07, 6.45) is 0.646. The van der Waals surface area contributed by atoms with Gasteiger partial charge < -0.3 is 14.8 Å². The third kappa shape index (κ3) is 5.78. The van der Waals surface area contributed by atoms with Crippen molar-refractivity contribution in [2.75, 3.05) is 7.11 Å². The van der Waals surface area contributed by atoms with Crippen LogP contribution in [0.3, 0.4) is 0 Å². The number of nitro benzene ring substituents is 1. The molecule has 0 aliphatic heterocycles. The van der Waals surface area contributed by atoms with Crippen LogP contribution >= 0.6 is 0 Å². The largest absolute Gasteiger partial charge is 0.474 e. The molecule has 1 N–H and O–H groups in total. The molecule has 0 aliphatic carbocycles. The van der Waals surface area contributed by atoms with Crippen LogP contribution in [0.5, 0.6) is 5.75 Å². The minimum Gasteiger partial charge on any atom is -0.474 e. The van der Waals surface area contributed by atoms with Gasteiger partial charge in [0.05, 0.1) is 23.6 Å². The second-order valence-corrected chi connectivity index (χ2v) is 6.45. The molecule has 0 spiro atoms. The summed E-state index contributed by atoms with van der Waals surface area (Å²) in [5.74, 6) is -1.19. The Kier molecular flexibility index (Phi) is 7.70. The molecule has 0 aliphatic rings. The molecule has 0 aromatic heterocycles. The first-order valence-corrected chi connectivity index (χ1v) is 9.26. The maximum Gasteiger partial charge on any atom is 0.338 e. The van der Waals surface area contributed by atoms with E-state index in [9.17, 15) is 19.7 Å². The van der Waals surface area contributed by atoms with Crippen LogP contribution < -0.4 is 10.1 Å². The molecule has 154 valence electrons.